The average molecular weight is 1960 g/mol. The fourth-order valence-corrected chi connectivity index (χ4v) is 10.6. The standard InChI is InChI=1S/4C12H27N3S.2C4H8O.6Ag.2BrH.4Li/c4*1-10(2,3)13-16(14-11(4,5)6)15-12(7,8)9;2*1-2-4-5-3-1;;;;;;;;;;;;/h4*1-9H3;2*1-4H2;;;;;;;2*1H;;;;/q4*-2;;;;;;;;;;;4*+1/p-2. The van der Waals surface area contributed by atoms with E-state index in [0.29, 0.717) is 0 Å². The first kappa shape index (κ1) is 134. The van der Waals surface area contributed by atoms with Crippen molar-refractivity contribution >= 4 is 44.3 Å². The molecule has 2 fully saturated rings. The molecule has 6 radical (unpaired) electrons. The minimum Gasteiger partial charge on any atom is -1.00 e. The van der Waals surface area contributed by atoms with Gasteiger partial charge in [-0.15, -0.1) is 44.3 Å². The minimum atomic E-state index is -0.558. The number of hydrogen-bond acceptors (Lipinski definition) is 6. The number of ether oxygens (including phenoxy) is 2. The minimum absolute atomic E-state index is 0. The first-order valence-electron chi connectivity index (χ1n) is 27.0. The summed E-state index contributed by atoms with van der Waals surface area (Å²) in [5.74, 6) is 0. The van der Waals surface area contributed by atoms with Crippen molar-refractivity contribution < 1.29 is 253 Å². The SMILES string of the molecule is C1CCOC1.C1CCOC1.CC(C)(C)N=S([N-]C(C)(C)C)[N-]C(C)(C)C.CC(C)(C)N=S([N-]C(C)(C)C)[N-]C(C)(C)C.CC(C)(C)N=S([N-]C(C)(C)C)[N-]C(C)(C)C.CC(C)(C)N=S([N-]C(C)(C)C)[N-]C(C)(C)C.[Ag].[Ag].[Ag].[Ag].[Ag].[Ag].[Br-].[Br-].[Li+].[Li+].[Li+].[Li+]. The summed E-state index contributed by atoms with van der Waals surface area (Å²) in [5, 5.41) is 0. The van der Waals surface area contributed by atoms with Gasteiger partial charge in [0.15, 0.2) is 0 Å². The van der Waals surface area contributed by atoms with Gasteiger partial charge in [0.2, 0.25) is 0 Å². The molecular weight excluding hydrogens is 1840 g/mol. The third-order valence-electron chi connectivity index (χ3n) is 5.92. The van der Waals surface area contributed by atoms with E-state index in [2.05, 4.69) is 304 Å². The van der Waals surface area contributed by atoms with Crippen LogP contribution in [0.15, 0.2) is 17.5 Å². The van der Waals surface area contributed by atoms with Crippen molar-refractivity contribution in [2.24, 2.45) is 17.5 Å². The maximum absolute atomic E-state index is 4.94. The van der Waals surface area contributed by atoms with Crippen molar-refractivity contribution in [1.29, 1.82) is 0 Å². The molecule has 0 N–H and O–H groups in total. The van der Waals surface area contributed by atoms with Gasteiger partial charge in [-0.25, -0.2) is 0 Å². The van der Waals surface area contributed by atoms with E-state index in [1.54, 1.807) is 0 Å². The number of nitrogens with zero attached hydrogens (tertiary/aromatic N) is 12. The molecule has 14 nitrogen and oxygen atoms in total. The van der Waals surface area contributed by atoms with Gasteiger partial charge in [-0.05, 0) is 109 Å². The van der Waals surface area contributed by atoms with Crippen LogP contribution in [0.2, 0.25) is 0 Å². The van der Waals surface area contributed by atoms with Gasteiger partial charge in [-0.1, -0.05) is 166 Å². The summed E-state index contributed by atoms with van der Waals surface area (Å²) < 4.78 is 66.0. The molecule has 0 aliphatic carbocycles. The summed E-state index contributed by atoms with van der Waals surface area (Å²) in [5.41, 5.74) is -1.09. The summed E-state index contributed by atoms with van der Waals surface area (Å²) in [6.07, 6.45) is 5.11. The van der Waals surface area contributed by atoms with Crippen molar-refractivity contribution in [2.45, 2.75) is 341 Å². The summed E-state index contributed by atoms with van der Waals surface area (Å²) in [6.45, 7) is 79.1. The molecule has 30 heteroatoms. The van der Waals surface area contributed by atoms with Crippen molar-refractivity contribution in [1.82, 2.24) is 0 Å². The molecule has 0 aromatic carbocycles. The third-order valence-corrected chi connectivity index (χ3v) is 14.5. The van der Waals surface area contributed by atoms with Crippen LogP contribution in [-0.4, -0.2) is 92.9 Å². The van der Waals surface area contributed by atoms with E-state index in [4.69, 9.17) is 9.47 Å². The second kappa shape index (κ2) is 60.6. The summed E-state index contributed by atoms with van der Waals surface area (Å²) in [4.78, 5) is 0. The predicted molar refractivity (Wildman–Crippen MR) is 343 cm³/mol. The smallest absolute Gasteiger partial charge is 1.00 e. The molecule has 0 amide bonds. The Morgan fingerprint density at radius 3 is 0.360 bits per heavy atom. The summed E-state index contributed by atoms with van der Waals surface area (Å²) in [7, 11) is 0. The average Bonchev–Trinajstić information content (AvgIpc) is 3.76. The molecule has 534 valence electrons. The first-order valence-corrected chi connectivity index (χ1v) is 31.4. The molecule has 2 saturated heterocycles. The zero-order valence-corrected chi connectivity index (χ0v) is 77.4. The molecule has 0 aromatic heterocycles. The third kappa shape index (κ3) is 125. The zero-order chi connectivity index (χ0) is 59.9. The van der Waals surface area contributed by atoms with Crippen LogP contribution >= 0.6 is 0 Å². The monoisotopic (exact) mass is 1950 g/mol. The number of rotatable bonds is 8. The molecule has 2 aliphatic heterocycles. The number of halogens is 2. The molecule has 0 saturated carbocycles. The molecule has 0 atom stereocenters. The van der Waals surface area contributed by atoms with Crippen LogP contribution in [0.3, 0.4) is 0 Å². The fraction of sp³-hybridized carbons (Fsp3) is 1.00. The van der Waals surface area contributed by atoms with E-state index in [0.717, 1.165) is 26.4 Å². The Morgan fingerprint density at radius 1 is 0.221 bits per heavy atom. The van der Waals surface area contributed by atoms with Crippen molar-refractivity contribution in [3.05, 3.63) is 37.8 Å². The molecule has 0 spiro atoms. The predicted octanol–water partition coefficient (Wildman–Crippen LogP) is 2.65. The van der Waals surface area contributed by atoms with Crippen LogP contribution in [0.4, 0.5) is 0 Å². The van der Waals surface area contributed by atoms with E-state index in [-0.39, 0.29) is 310 Å². The topological polar surface area (TPSA) is 181 Å². The van der Waals surface area contributed by atoms with Gasteiger partial charge in [0.05, 0.1) is 22.2 Å². The molecule has 0 unspecified atom stereocenters. The Balaban J connectivity index is -0.0000000490. The van der Waals surface area contributed by atoms with E-state index >= 15 is 0 Å². The zero-order valence-electron chi connectivity index (χ0n) is 62.0. The number of hydrogen-bond donors (Lipinski definition) is 0. The molecule has 2 heterocycles. The van der Waals surface area contributed by atoms with Crippen molar-refractivity contribution in [2.75, 3.05) is 26.4 Å². The van der Waals surface area contributed by atoms with Crippen LogP contribution in [-0.2, 0) is 188 Å². The normalized spacial score (nSPS) is 13.5. The fourth-order valence-electron chi connectivity index (χ4n) is 4.20. The van der Waals surface area contributed by atoms with Gasteiger partial charge >= 0.3 is 75.4 Å². The van der Waals surface area contributed by atoms with E-state index in [1.807, 2.05) is 0 Å². The Morgan fingerprint density at radius 2 is 0.314 bits per heavy atom. The van der Waals surface area contributed by atoms with E-state index in [1.165, 1.54) is 25.7 Å². The molecule has 2 rings (SSSR count). The van der Waals surface area contributed by atoms with Crippen molar-refractivity contribution in [3.63, 3.8) is 0 Å². The summed E-state index contributed by atoms with van der Waals surface area (Å²) >= 11 is -2.23. The van der Waals surface area contributed by atoms with E-state index in [9.17, 15) is 0 Å². The van der Waals surface area contributed by atoms with Crippen LogP contribution in [0.1, 0.15) is 275 Å². The maximum atomic E-state index is 4.94. The van der Waals surface area contributed by atoms with Crippen LogP contribution in [0.25, 0.3) is 37.8 Å². The van der Waals surface area contributed by atoms with Gasteiger partial charge in [0.25, 0.3) is 0 Å². The quantitative estimate of drug-likeness (QED) is 0.340. The largest absolute Gasteiger partial charge is 1.00 e. The summed E-state index contributed by atoms with van der Waals surface area (Å²) in [6, 6.07) is 0. The Bertz CT molecular complexity index is 1370. The van der Waals surface area contributed by atoms with Gasteiger partial charge < -0.3 is 125 Å². The van der Waals surface area contributed by atoms with Gasteiger partial charge in [-0.2, -0.15) is 0 Å². The Hall–Kier alpha value is 7.99. The Labute approximate surface area is 710 Å². The second-order valence-corrected chi connectivity index (χ2v) is 34.9. The molecule has 2 aliphatic rings. The first-order chi connectivity index (χ1) is 32.1. The second-order valence-electron chi connectivity index (χ2n) is 30.8. The van der Waals surface area contributed by atoms with Gasteiger partial charge in [0.1, 0.15) is 0 Å². The van der Waals surface area contributed by atoms with Gasteiger partial charge in [-0.3, -0.25) is 17.5 Å². The Kier molecular flexibility index (Phi) is 94.1. The molecule has 86 heavy (non-hydrogen) atoms. The van der Waals surface area contributed by atoms with Crippen LogP contribution in [0, 0.1) is 0 Å². The molecule has 0 aromatic rings. The van der Waals surface area contributed by atoms with Crippen molar-refractivity contribution in [3.8, 4) is 0 Å². The van der Waals surface area contributed by atoms with Gasteiger partial charge in [0, 0.05) is 161 Å². The van der Waals surface area contributed by atoms with Crippen LogP contribution in [0.5, 0.6) is 0 Å². The van der Waals surface area contributed by atoms with E-state index < -0.39 is 44.3 Å². The van der Waals surface area contributed by atoms with Crippen LogP contribution < -0.4 is 109 Å². The maximum Gasteiger partial charge on any atom is 1.00 e. The molecular formula is C56H124Ag6Br2Li4N12O2S4-6. The molecule has 0 bridgehead atoms.